The van der Waals surface area contributed by atoms with Gasteiger partial charge in [-0.2, -0.15) is 0 Å². The molecule has 5 heteroatoms. The fourth-order valence-corrected chi connectivity index (χ4v) is 3.01. The van der Waals surface area contributed by atoms with Gasteiger partial charge in [-0.3, -0.25) is 16.3 Å². The van der Waals surface area contributed by atoms with E-state index in [1.165, 1.54) is 10.9 Å². The predicted octanol–water partition coefficient (Wildman–Crippen LogP) is 2.75. The van der Waals surface area contributed by atoms with Crippen LogP contribution in [0.5, 0.6) is 0 Å². The van der Waals surface area contributed by atoms with Crippen molar-refractivity contribution in [3.63, 3.8) is 0 Å². The second kappa shape index (κ2) is 5.66. The average molecular weight is 284 g/mol. The minimum absolute atomic E-state index is 0.0192. The van der Waals surface area contributed by atoms with Gasteiger partial charge in [0.25, 0.3) is 0 Å². The van der Waals surface area contributed by atoms with Gasteiger partial charge in [-0.05, 0) is 31.0 Å². The third-order valence-corrected chi connectivity index (χ3v) is 4.15. The summed E-state index contributed by atoms with van der Waals surface area (Å²) in [7, 11) is 0. The first-order valence-electron chi connectivity index (χ1n) is 6.48. The number of fused-ring (bicyclic) bond motifs is 1. The number of benzene rings is 1. The summed E-state index contributed by atoms with van der Waals surface area (Å²) in [5.74, 6) is 5.70. The number of nitrogens with two attached hydrogens (primary N) is 1. The van der Waals surface area contributed by atoms with Crippen LogP contribution in [0.4, 0.5) is 0 Å². The number of thiazole rings is 1. The lowest BCUT2D eigenvalue weighted by atomic mass is 10.0. The highest BCUT2D eigenvalue weighted by atomic mass is 32.1. The fraction of sp³-hybridized carbons (Fsp3) is 0.200. The van der Waals surface area contributed by atoms with E-state index in [2.05, 4.69) is 26.8 Å². The SMILES string of the molecule is Cc1nc(C(Cc2ccnc3ccccc23)NN)cs1. The summed E-state index contributed by atoms with van der Waals surface area (Å²) in [5.41, 5.74) is 6.10. The standard InChI is InChI=1S/C15H16N4S/c1-10-18-15(9-20-10)14(19-16)8-11-6-7-17-13-5-3-2-4-12(11)13/h2-7,9,14,19H,8,16H2,1H3. The van der Waals surface area contributed by atoms with E-state index < -0.39 is 0 Å². The van der Waals surface area contributed by atoms with Gasteiger partial charge >= 0.3 is 0 Å². The Morgan fingerprint density at radius 1 is 1.30 bits per heavy atom. The highest BCUT2D eigenvalue weighted by molar-refractivity contribution is 7.09. The first-order chi connectivity index (χ1) is 9.78. The largest absolute Gasteiger partial charge is 0.271 e. The highest BCUT2D eigenvalue weighted by Gasteiger charge is 2.15. The molecule has 3 rings (SSSR count). The van der Waals surface area contributed by atoms with E-state index in [9.17, 15) is 0 Å². The Labute approximate surface area is 121 Å². The molecule has 0 radical (unpaired) electrons. The molecule has 3 N–H and O–H groups in total. The van der Waals surface area contributed by atoms with Crippen molar-refractivity contribution >= 4 is 22.2 Å². The Morgan fingerprint density at radius 2 is 2.15 bits per heavy atom. The van der Waals surface area contributed by atoms with Gasteiger partial charge in [0.05, 0.1) is 22.3 Å². The molecule has 0 saturated carbocycles. The molecule has 3 aromatic rings. The van der Waals surface area contributed by atoms with Crippen LogP contribution in [0.25, 0.3) is 10.9 Å². The van der Waals surface area contributed by atoms with E-state index in [1.54, 1.807) is 11.3 Å². The molecular formula is C15H16N4S. The number of aromatic nitrogens is 2. The minimum atomic E-state index is 0.0192. The lowest BCUT2D eigenvalue weighted by Crippen LogP contribution is -2.29. The van der Waals surface area contributed by atoms with Crippen LogP contribution in [0.3, 0.4) is 0 Å². The number of nitrogens with zero attached hydrogens (tertiary/aromatic N) is 2. The number of para-hydroxylation sites is 1. The quantitative estimate of drug-likeness (QED) is 0.571. The smallest absolute Gasteiger partial charge is 0.0898 e. The van der Waals surface area contributed by atoms with Crippen LogP contribution in [0.15, 0.2) is 41.9 Å². The third-order valence-electron chi connectivity index (χ3n) is 3.36. The molecule has 0 aliphatic carbocycles. The van der Waals surface area contributed by atoms with Crippen molar-refractivity contribution < 1.29 is 0 Å². The van der Waals surface area contributed by atoms with Crippen LogP contribution >= 0.6 is 11.3 Å². The number of hydrazine groups is 1. The van der Waals surface area contributed by atoms with Crippen molar-refractivity contribution in [3.8, 4) is 0 Å². The average Bonchev–Trinajstić information content (AvgIpc) is 2.91. The highest BCUT2D eigenvalue weighted by Crippen LogP contribution is 2.24. The van der Waals surface area contributed by atoms with Crippen LogP contribution in [0.1, 0.15) is 22.3 Å². The van der Waals surface area contributed by atoms with Crippen LogP contribution in [0.2, 0.25) is 0 Å². The van der Waals surface area contributed by atoms with Crippen LogP contribution in [-0.4, -0.2) is 9.97 Å². The molecule has 0 aliphatic rings. The molecule has 1 atom stereocenters. The van der Waals surface area contributed by atoms with E-state index in [-0.39, 0.29) is 6.04 Å². The summed E-state index contributed by atoms with van der Waals surface area (Å²) in [6, 6.07) is 10.2. The van der Waals surface area contributed by atoms with Gasteiger partial charge in [-0.25, -0.2) is 4.98 Å². The molecule has 2 aromatic heterocycles. The third kappa shape index (κ3) is 2.56. The van der Waals surface area contributed by atoms with E-state index in [0.29, 0.717) is 0 Å². The molecule has 0 fully saturated rings. The topological polar surface area (TPSA) is 63.8 Å². The molecule has 0 amide bonds. The van der Waals surface area contributed by atoms with Gasteiger partial charge in [0, 0.05) is 17.0 Å². The molecule has 0 bridgehead atoms. The molecule has 4 nitrogen and oxygen atoms in total. The van der Waals surface area contributed by atoms with Crippen molar-refractivity contribution in [1.82, 2.24) is 15.4 Å². The number of nitrogens with one attached hydrogen (secondary N) is 1. The van der Waals surface area contributed by atoms with Crippen molar-refractivity contribution in [2.75, 3.05) is 0 Å². The van der Waals surface area contributed by atoms with E-state index >= 15 is 0 Å². The van der Waals surface area contributed by atoms with Crippen molar-refractivity contribution in [1.29, 1.82) is 0 Å². The van der Waals surface area contributed by atoms with Gasteiger partial charge in [0.15, 0.2) is 0 Å². The Morgan fingerprint density at radius 3 is 2.90 bits per heavy atom. The molecule has 0 aliphatic heterocycles. The molecule has 2 heterocycles. The maximum absolute atomic E-state index is 5.70. The normalized spacial score (nSPS) is 12.7. The van der Waals surface area contributed by atoms with Crippen LogP contribution in [0, 0.1) is 6.92 Å². The van der Waals surface area contributed by atoms with Gasteiger partial charge in [-0.15, -0.1) is 11.3 Å². The van der Waals surface area contributed by atoms with Crippen LogP contribution < -0.4 is 11.3 Å². The summed E-state index contributed by atoms with van der Waals surface area (Å²) < 4.78 is 0. The van der Waals surface area contributed by atoms with Gasteiger partial charge < -0.3 is 0 Å². The second-order valence-corrected chi connectivity index (χ2v) is 5.76. The van der Waals surface area contributed by atoms with E-state index in [1.807, 2.05) is 37.4 Å². The molecule has 20 heavy (non-hydrogen) atoms. The predicted molar refractivity (Wildman–Crippen MR) is 82.4 cm³/mol. The number of rotatable bonds is 4. The fourth-order valence-electron chi connectivity index (χ4n) is 2.34. The van der Waals surface area contributed by atoms with Gasteiger partial charge in [-0.1, -0.05) is 18.2 Å². The summed E-state index contributed by atoms with van der Waals surface area (Å²) in [6.07, 6.45) is 2.64. The first kappa shape index (κ1) is 13.2. The lowest BCUT2D eigenvalue weighted by molar-refractivity contribution is 0.541. The first-order valence-corrected chi connectivity index (χ1v) is 7.36. The Kier molecular flexibility index (Phi) is 3.73. The maximum atomic E-state index is 5.70. The zero-order chi connectivity index (χ0) is 13.9. The van der Waals surface area contributed by atoms with Crippen molar-refractivity contribution in [2.24, 2.45) is 5.84 Å². The van der Waals surface area contributed by atoms with Crippen molar-refractivity contribution in [2.45, 2.75) is 19.4 Å². The minimum Gasteiger partial charge on any atom is -0.271 e. The Bertz CT molecular complexity index is 717. The van der Waals surface area contributed by atoms with Crippen LogP contribution in [-0.2, 0) is 6.42 Å². The zero-order valence-corrected chi connectivity index (χ0v) is 12.0. The van der Waals surface area contributed by atoms with Gasteiger partial charge in [0.1, 0.15) is 0 Å². The summed E-state index contributed by atoms with van der Waals surface area (Å²) >= 11 is 1.64. The molecule has 1 unspecified atom stereocenters. The number of hydrogen-bond donors (Lipinski definition) is 2. The number of hydrogen-bond acceptors (Lipinski definition) is 5. The zero-order valence-electron chi connectivity index (χ0n) is 11.2. The number of aryl methyl sites for hydroxylation is 1. The lowest BCUT2D eigenvalue weighted by Gasteiger charge is -2.15. The maximum Gasteiger partial charge on any atom is 0.0898 e. The van der Waals surface area contributed by atoms with Crippen molar-refractivity contribution in [3.05, 3.63) is 58.2 Å². The van der Waals surface area contributed by atoms with E-state index in [0.717, 1.165) is 22.6 Å². The number of pyridine rings is 1. The Balaban J connectivity index is 1.95. The molecule has 1 aromatic carbocycles. The Hall–Kier alpha value is -1.82. The molecule has 0 spiro atoms. The summed E-state index contributed by atoms with van der Waals surface area (Å²) in [4.78, 5) is 8.91. The molecule has 102 valence electrons. The summed E-state index contributed by atoms with van der Waals surface area (Å²) in [5, 5.41) is 4.28. The molecule has 0 saturated heterocycles. The summed E-state index contributed by atoms with van der Waals surface area (Å²) in [6.45, 7) is 2.00. The second-order valence-electron chi connectivity index (χ2n) is 4.70. The molecular weight excluding hydrogens is 268 g/mol. The van der Waals surface area contributed by atoms with Gasteiger partial charge in [0.2, 0.25) is 0 Å². The van der Waals surface area contributed by atoms with E-state index in [4.69, 9.17) is 5.84 Å². The monoisotopic (exact) mass is 284 g/mol.